The Balaban J connectivity index is 1.70. The van der Waals surface area contributed by atoms with Gasteiger partial charge in [-0.25, -0.2) is 4.79 Å². The Hall–Kier alpha value is -1.75. The van der Waals surface area contributed by atoms with Crippen LogP contribution >= 0.6 is 0 Å². The minimum atomic E-state index is -0.167. The molecule has 19 heavy (non-hydrogen) atoms. The van der Waals surface area contributed by atoms with Gasteiger partial charge in [0.1, 0.15) is 5.75 Å². The molecular formula is C14H21N3O2. The monoisotopic (exact) mass is 263 g/mol. The Morgan fingerprint density at radius 3 is 3.16 bits per heavy atom. The van der Waals surface area contributed by atoms with Gasteiger partial charge >= 0.3 is 6.03 Å². The number of urea groups is 1. The summed E-state index contributed by atoms with van der Waals surface area (Å²) in [6, 6.07) is 7.15. The van der Waals surface area contributed by atoms with Crippen molar-refractivity contribution in [3.63, 3.8) is 0 Å². The van der Waals surface area contributed by atoms with E-state index in [9.17, 15) is 4.79 Å². The van der Waals surface area contributed by atoms with Gasteiger partial charge in [-0.15, -0.1) is 0 Å². The van der Waals surface area contributed by atoms with Crippen molar-refractivity contribution >= 4 is 11.7 Å². The van der Waals surface area contributed by atoms with Crippen LogP contribution in [0.3, 0.4) is 0 Å². The lowest BCUT2D eigenvalue weighted by Gasteiger charge is -2.11. The van der Waals surface area contributed by atoms with E-state index >= 15 is 0 Å². The average molecular weight is 263 g/mol. The van der Waals surface area contributed by atoms with Crippen molar-refractivity contribution in [1.82, 2.24) is 10.6 Å². The summed E-state index contributed by atoms with van der Waals surface area (Å²) in [5, 5.41) is 8.99. The minimum absolute atomic E-state index is 0.167. The SMILES string of the molecule is COc1cccc(NC(=O)NCCC2CCNC2)c1. The molecular weight excluding hydrogens is 242 g/mol. The fourth-order valence-corrected chi connectivity index (χ4v) is 2.23. The summed E-state index contributed by atoms with van der Waals surface area (Å²) in [7, 11) is 1.61. The molecule has 5 nitrogen and oxygen atoms in total. The zero-order valence-electron chi connectivity index (χ0n) is 11.2. The predicted octanol–water partition coefficient (Wildman–Crippen LogP) is 1.82. The summed E-state index contributed by atoms with van der Waals surface area (Å²) in [6.07, 6.45) is 2.23. The number of carbonyl (C=O) groups excluding carboxylic acids is 1. The first-order valence-electron chi connectivity index (χ1n) is 6.67. The van der Waals surface area contributed by atoms with Crippen LogP contribution < -0.4 is 20.7 Å². The quantitative estimate of drug-likeness (QED) is 0.759. The van der Waals surface area contributed by atoms with Gasteiger partial charge in [0, 0.05) is 18.3 Å². The van der Waals surface area contributed by atoms with E-state index in [4.69, 9.17) is 4.74 Å². The zero-order chi connectivity index (χ0) is 13.5. The second-order valence-corrected chi connectivity index (χ2v) is 4.76. The second kappa shape index (κ2) is 6.99. The summed E-state index contributed by atoms with van der Waals surface area (Å²) in [5.41, 5.74) is 0.736. The normalized spacial score (nSPS) is 18.1. The number of amides is 2. The standard InChI is InChI=1S/C14H21N3O2/c1-19-13-4-2-3-12(9-13)17-14(18)16-8-6-11-5-7-15-10-11/h2-4,9,11,15H,5-8,10H2,1H3,(H2,16,17,18). The number of nitrogens with one attached hydrogen (secondary N) is 3. The van der Waals surface area contributed by atoms with Crippen LogP contribution in [-0.2, 0) is 0 Å². The molecule has 1 saturated heterocycles. The number of carbonyl (C=O) groups is 1. The number of benzene rings is 1. The first kappa shape index (κ1) is 13.7. The summed E-state index contributed by atoms with van der Waals surface area (Å²) in [4.78, 5) is 11.7. The van der Waals surface area contributed by atoms with Crippen molar-refractivity contribution in [2.24, 2.45) is 5.92 Å². The molecule has 1 fully saturated rings. The third kappa shape index (κ3) is 4.44. The summed E-state index contributed by atoms with van der Waals surface area (Å²) >= 11 is 0. The lowest BCUT2D eigenvalue weighted by Crippen LogP contribution is -2.30. The van der Waals surface area contributed by atoms with Gasteiger partial charge in [0.05, 0.1) is 7.11 Å². The minimum Gasteiger partial charge on any atom is -0.497 e. The Kier molecular flexibility index (Phi) is 5.03. The van der Waals surface area contributed by atoms with Crippen LogP contribution in [0.1, 0.15) is 12.8 Å². The number of methoxy groups -OCH3 is 1. The Morgan fingerprint density at radius 1 is 1.53 bits per heavy atom. The molecule has 1 aromatic carbocycles. The highest BCUT2D eigenvalue weighted by molar-refractivity contribution is 5.89. The van der Waals surface area contributed by atoms with Crippen LogP contribution in [0.25, 0.3) is 0 Å². The highest BCUT2D eigenvalue weighted by atomic mass is 16.5. The van der Waals surface area contributed by atoms with Gasteiger partial charge in [0.2, 0.25) is 0 Å². The number of hydrogen-bond donors (Lipinski definition) is 3. The molecule has 1 heterocycles. The van der Waals surface area contributed by atoms with Gasteiger partial charge in [-0.3, -0.25) is 0 Å². The van der Waals surface area contributed by atoms with Crippen LogP contribution in [0.4, 0.5) is 10.5 Å². The van der Waals surface area contributed by atoms with Gasteiger partial charge in [-0.2, -0.15) is 0 Å². The molecule has 0 aromatic heterocycles. The first-order chi connectivity index (χ1) is 9.28. The molecule has 2 amide bonds. The molecule has 104 valence electrons. The molecule has 1 aliphatic heterocycles. The maximum absolute atomic E-state index is 11.7. The molecule has 2 rings (SSSR count). The second-order valence-electron chi connectivity index (χ2n) is 4.76. The molecule has 1 unspecified atom stereocenters. The van der Waals surface area contributed by atoms with E-state index in [1.54, 1.807) is 13.2 Å². The topological polar surface area (TPSA) is 62.4 Å². The number of rotatable bonds is 5. The maximum atomic E-state index is 11.7. The molecule has 0 saturated carbocycles. The Labute approximate surface area is 113 Å². The predicted molar refractivity (Wildman–Crippen MR) is 75.6 cm³/mol. The maximum Gasteiger partial charge on any atom is 0.319 e. The fourth-order valence-electron chi connectivity index (χ4n) is 2.23. The molecule has 0 spiro atoms. The van der Waals surface area contributed by atoms with Crippen LogP contribution in [0.2, 0.25) is 0 Å². The van der Waals surface area contributed by atoms with Crippen molar-refractivity contribution < 1.29 is 9.53 Å². The largest absolute Gasteiger partial charge is 0.497 e. The number of anilines is 1. The average Bonchev–Trinajstić information content (AvgIpc) is 2.92. The first-order valence-corrected chi connectivity index (χ1v) is 6.67. The van der Waals surface area contributed by atoms with Crippen LogP contribution in [-0.4, -0.2) is 32.8 Å². The number of ether oxygens (including phenoxy) is 1. The van der Waals surface area contributed by atoms with Crippen molar-refractivity contribution in [1.29, 1.82) is 0 Å². The van der Waals surface area contributed by atoms with Gasteiger partial charge in [-0.05, 0) is 44.0 Å². The van der Waals surface area contributed by atoms with Crippen LogP contribution in [0.15, 0.2) is 24.3 Å². The van der Waals surface area contributed by atoms with E-state index in [-0.39, 0.29) is 6.03 Å². The van der Waals surface area contributed by atoms with Crippen LogP contribution in [0, 0.1) is 5.92 Å². The molecule has 0 aliphatic carbocycles. The molecule has 5 heteroatoms. The van der Waals surface area contributed by atoms with Crippen molar-refractivity contribution in [3.8, 4) is 5.75 Å². The van der Waals surface area contributed by atoms with Gasteiger partial charge in [0.25, 0.3) is 0 Å². The van der Waals surface area contributed by atoms with Crippen molar-refractivity contribution in [3.05, 3.63) is 24.3 Å². The molecule has 1 aliphatic rings. The Morgan fingerprint density at radius 2 is 2.42 bits per heavy atom. The highest BCUT2D eigenvalue weighted by Crippen LogP contribution is 2.16. The fraction of sp³-hybridized carbons (Fsp3) is 0.500. The van der Waals surface area contributed by atoms with Gasteiger partial charge in [-0.1, -0.05) is 6.07 Å². The summed E-state index contributed by atoms with van der Waals surface area (Å²) in [6.45, 7) is 2.88. The molecule has 0 bridgehead atoms. The Bertz CT molecular complexity index is 417. The lowest BCUT2D eigenvalue weighted by atomic mass is 10.1. The van der Waals surface area contributed by atoms with E-state index < -0.39 is 0 Å². The van der Waals surface area contributed by atoms with Crippen molar-refractivity contribution in [2.45, 2.75) is 12.8 Å². The van der Waals surface area contributed by atoms with Gasteiger partial charge in [0.15, 0.2) is 0 Å². The molecule has 1 atom stereocenters. The van der Waals surface area contributed by atoms with Crippen molar-refractivity contribution in [2.75, 3.05) is 32.1 Å². The third-order valence-corrected chi connectivity index (χ3v) is 3.33. The summed E-state index contributed by atoms with van der Waals surface area (Å²) in [5.74, 6) is 1.42. The van der Waals surface area contributed by atoms with E-state index in [0.29, 0.717) is 12.5 Å². The molecule has 3 N–H and O–H groups in total. The molecule has 0 radical (unpaired) electrons. The lowest BCUT2D eigenvalue weighted by molar-refractivity contribution is 0.251. The van der Waals surface area contributed by atoms with E-state index in [1.807, 2.05) is 18.2 Å². The zero-order valence-corrected chi connectivity index (χ0v) is 11.2. The van der Waals surface area contributed by atoms with E-state index in [0.717, 1.165) is 30.9 Å². The van der Waals surface area contributed by atoms with Crippen LogP contribution in [0.5, 0.6) is 5.75 Å². The highest BCUT2D eigenvalue weighted by Gasteiger charge is 2.14. The van der Waals surface area contributed by atoms with E-state index in [1.165, 1.54) is 6.42 Å². The molecule has 1 aromatic rings. The summed E-state index contributed by atoms with van der Waals surface area (Å²) < 4.78 is 5.11. The smallest absolute Gasteiger partial charge is 0.319 e. The number of hydrogen-bond acceptors (Lipinski definition) is 3. The third-order valence-electron chi connectivity index (χ3n) is 3.33. The van der Waals surface area contributed by atoms with Gasteiger partial charge < -0.3 is 20.7 Å². The van der Waals surface area contributed by atoms with E-state index in [2.05, 4.69) is 16.0 Å².